The van der Waals surface area contributed by atoms with E-state index in [1.54, 1.807) is 45.2 Å². The minimum atomic E-state index is -1.09. The summed E-state index contributed by atoms with van der Waals surface area (Å²) in [5.41, 5.74) is 3.84. The van der Waals surface area contributed by atoms with E-state index in [1.165, 1.54) is 0 Å². The van der Waals surface area contributed by atoms with Crippen molar-refractivity contribution in [1.82, 2.24) is 15.5 Å². The van der Waals surface area contributed by atoms with E-state index in [9.17, 15) is 20.0 Å². The first-order valence-corrected chi connectivity index (χ1v) is 13.4. The van der Waals surface area contributed by atoms with Crippen LogP contribution in [0.4, 0.5) is 16.2 Å². The zero-order valence-electron chi connectivity index (χ0n) is 23.2. The number of nitriles is 1. The van der Waals surface area contributed by atoms with Crippen molar-refractivity contribution in [3.63, 3.8) is 0 Å². The lowest BCUT2D eigenvalue weighted by Crippen LogP contribution is -2.47. The third-order valence-corrected chi connectivity index (χ3v) is 7.32. The molecule has 2 amide bonds. The first kappa shape index (κ1) is 28.5. The molecular weight excluding hydrogens is 508 g/mol. The summed E-state index contributed by atoms with van der Waals surface area (Å²) < 4.78 is 5.50. The third-order valence-electron chi connectivity index (χ3n) is 7.32. The van der Waals surface area contributed by atoms with E-state index in [4.69, 9.17) is 4.74 Å². The number of benzene rings is 2. The maximum absolute atomic E-state index is 12.6. The van der Waals surface area contributed by atoms with Gasteiger partial charge in [-0.3, -0.25) is 4.90 Å². The number of piperazine rings is 1. The lowest BCUT2D eigenvalue weighted by atomic mass is 9.81. The molecule has 0 radical (unpaired) electrons. The van der Waals surface area contributed by atoms with E-state index in [2.05, 4.69) is 37.9 Å². The van der Waals surface area contributed by atoms with Crippen LogP contribution in [0.1, 0.15) is 31.7 Å². The van der Waals surface area contributed by atoms with Gasteiger partial charge in [0.25, 0.3) is 0 Å². The number of methoxy groups -OCH3 is 1. The highest BCUT2D eigenvalue weighted by Gasteiger charge is 2.33. The molecule has 1 saturated heterocycles. The van der Waals surface area contributed by atoms with Gasteiger partial charge in [-0.2, -0.15) is 5.26 Å². The largest absolute Gasteiger partial charge is 0.495 e. The minimum absolute atomic E-state index is 0.118. The highest BCUT2D eigenvalue weighted by molar-refractivity contribution is 5.92. The summed E-state index contributed by atoms with van der Waals surface area (Å²) in [6.07, 6.45) is 0.818. The van der Waals surface area contributed by atoms with Crippen molar-refractivity contribution in [2.75, 3.05) is 56.6 Å². The van der Waals surface area contributed by atoms with Gasteiger partial charge in [-0.25, -0.2) is 9.59 Å². The molecule has 4 N–H and O–H groups in total. The topological polar surface area (TPSA) is 130 Å². The number of carbonyl (C=O) groups excluding carboxylic acids is 1. The molecule has 210 valence electrons. The molecule has 1 atom stereocenters. The van der Waals surface area contributed by atoms with Crippen LogP contribution in [0, 0.1) is 11.3 Å². The number of amides is 2. The van der Waals surface area contributed by atoms with Crippen molar-refractivity contribution in [3.8, 4) is 11.8 Å². The quantitative estimate of drug-likeness (QED) is 0.350. The molecule has 2 aliphatic rings. The third kappa shape index (κ3) is 6.55. The normalized spacial score (nSPS) is 17.6. The van der Waals surface area contributed by atoms with Crippen LogP contribution in [-0.4, -0.2) is 68.4 Å². The molecule has 2 aromatic rings. The van der Waals surface area contributed by atoms with Gasteiger partial charge in [-0.1, -0.05) is 24.3 Å². The van der Waals surface area contributed by atoms with Gasteiger partial charge in [0.1, 0.15) is 5.75 Å². The van der Waals surface area contributed by atoms with Gasteiger partial charge in [0.15, 0.2) is 0 Å². The average molecular weight is 545 g/mol. The van der Waals surface area contributed by atoms with Crippen LogP contribution in [0.15, 0.2) is 71.1 Å². The van der Waals surface area contributed by atoms with Crippen molar-refractivity contribution >= 4 is 23.4 Å². The number of carboxylic acids is 1. The van der Waals surface area contributed by atoms with E-state index in [1.807, 2.05) is 18.2 Å². The second kappa shape index (κ2) is 13.0. The molecule has 4 rings (SSSR count). The van der Waals surface area contributed by atoms with E-state index < -0.39 is 11.9 Å². The Morgan fingerprint density at radius 3 is 2.55 bits per heavy atom. The van der Waals surface area contributed by atoms with Crippen molar-refractivity contribution in [1.29, 1.82) is 5.26 Å². The number of carboxylic acid groups (broad SMARTS) is 1. The molecule has 0 aromatic heterocycles. The average Bonchev–Trinajstić information content (AvgIpc) is 2.95. The Labute approximate surface area is 234 Å². The van der Waals surface area contributed by atoms with E-state index in [0.29, 0.717) is 34.8 Å². The molecule has 1 unspecified atom stereocenters. The smallest absolute Gasteiger partial charge is 0.334 e. The number of para-hydroxylation sites is 2. The van der Waals surface area contributed by atoms with Gasteiger partial charge in [-0.05, 0) is 56.6 Å². The maximum Gasteiger partial charge on any atom is 0.334 e. The molecule has 2 aromatic carbocycles. The zero-order chi connectivity index (χ0) is 28.6. The molecule has 0 spiro atoms. The number of hydrogen-bond donors (Lipinski definition) is 4. The van der Waals surface area contributed by atoms with Gasteiger partial charge in [0.05, 0.1) is 35.9 Å². The zero-order valence-corrected chi connectivity index (χ0v) is 23.2. The van der Waals surface area contributed by atoms with Crippen LogP contribution in [0.25, 0.3) is 0 Å². The molecule has 2 heterocycles. The Hall–Kier alpha value is -4.49. The van der Waals surface area contributed by atoms with Gasteiger partial charge in [0.2, 0.25) is 0 Å². The fraction of sp³-hybridized carbons (Fsp3) is 0.367. The predicted octanol–water partition coefficient (Wildman–Crippen LogP) is 3.87. The van der Waals surface area contributed by atoms with Gasteiger partial charge < -0.3 is 30.7 Å². The monoisotopic (exact) mass is 544 g/mol. The fourth-order valence-electron chi connectivity index (χ4n) is 5.34. The molecule has 0 bridgehead atoms. The van der Waals surface area contributed by atoms with E-state index in [0.717, 1.165) is 50.6 Å². The first-order valence-electron chi connectivity index (χ1n) is 13.4. The Morgan fingerprint density at radius 2 is 1.85 bits per heavy atom. The highest BCUT2D eigenvalue weighted by Crippen LogP contribution is 2.38. The Bertz CT molecular complexity index is 1350. The summed E-state index contributed by atoms with van der Waals surface area (Å²) in [6, 6.07) is 16.9. The van der Waals surface area contributed by atoms with Crippen molar-refractivity contribution in [3.05, 3.63) is 76.6 Å². The summed E-state index contributed by atoms with van der Waals surface area (Å²) in [6.45, 7) is 8.57. The molecule has 10 nitrogen and oxygen atoms in total. The number of hydrogen-bond acceptors (Lipinski definition) is 7. The highest BCUT2D eigenvalue weighted by atomic mass is 16.5. The lowest BCUT2D eigenvalue weighted by molar-refractivity contribution is -0.133. The van der Waals surface area contributed by atoms with Crippen LogP contribution in [0.2, 0.25) is 0 Å². The van der Waals surface area contributed by atoms with Gasteiger partial charge in [-0.15, -0.1) is 0 Å². The minimum Gasteiger partial charge on any atom is -0.495 e. The molecule has 0 aliphatic carbocycles. The molecule has 2 aliphatic heterocycles. The summed E-state index contributed by atoms with van der Waals surface area (Å²) in [4.78, 5) is 29.3. The summed E-state index contributed by atoms with van der Waals surface area (Å²) in [5, 5.41) is 28.3. The van der Waals surface area contributed by atoms with E-state index in [-0.39, 0.29) is 11.6 Å². The number of nitrogens with one attached hydrogen (secondary N) is 3. The van der Waals surface area contributed by atoms with Crippen molar-refractivity contribution in [2.24, 2.45) is 0 Å². The number of nitrogens with zero attached hydrogens (tertiary/aromatic N) is 3. The molecule has 1 fully saturated rings. The molecule has 10 heteroatoms. The second-order valence-electron chi connectivity index (χ2n) is 9.91. The number of dihydropyridines is 1. The number of urea groups is 1. The second-order valence-corrected chi connectivity index (χ2v) is 9.91. The Kier molecular flexibility index (Phi) is 9.30. The van der Waals surface area contributed by atoms with Crippen LogP contribution in [-0.2, 0) is 4.79 Å². The number of anilines is 2. The van der Waals surface area contributed by atoms with Gasteiger partial charge >= 0.3 is 12.0 Å². The first-order chi connectivity index (χ1) is 19.3. The lowest BCUT2D eigenvalue weighted by Gasteiger charge is -2.36. The number of aliphatic carboxylic acids is 1. The number of rotatable bonds is 9. The van der Waals surface area contributed by atoms with Crippen molar-refractivity contribution < 1.29 is 19.4 Å². The fourth-order valence-corrected chi connectivity index (χ4v) is 5.34. The maximum atomic E-state index is 12.6. The number of ether oxygens (including phenoxy) is 1. The van der Waals surface area contributed by atoms with Crippen LogP contribution in [0.5, 0.6) is 5.75 Å². The summed E-state index contributed by atoms with van der Waals surface area (Å²) >= 11 is 0. The molecular formula is C30H36N6O4. The summed E-state index contributed by atoms with van der Waals surface area (Å²) in [5.74, 6) is -0.928. The predicted molar refractivity (Wildman–Crippen MR) is 154 cm³/mol. The Balaban J connectivity index is 1.27. The van der Waals surface area contributed by atoms with E-state index >= 15 is 0 Å². The van der Waals surface area contributed by atoms with Gasteiger partial charge in [0, 0.05) is 49.8 Å². The molecule has 0 saturated carbocycles. The van der Waals surface area contributed by atoms with Crippen LogP contribution >= 0.6 is 0 Å². The van der Waals surface area contributed by atoms with Crippen molar-refractivity contribution in [2.45, 2.75) is 26.2 Å². The number of allylic oxidation sites excluding steroid dienone is 3. The summed E-state index contributed by atoms with van der Waals surface area (Å²) in [7, 11) is 1.69. The van der Waals surface area contributed by atoms with Crippen LogP contribution in [0.3, 0.4) is 0 Å². The number of carbonyl (C=O) groups is 2. The Morgan fingerprint density at radius 1 is 1.10 bits per heavy atom. The molecule has 40 heavy (non-hydrogen) atoms. The standard InChI is InChI=1S/C30H36N6O4/c1-20-24(19-31)28(27(29(37)38)21(2)33-20)22-8-6-9-23(18-22)34-30(39)32-12-7-13-35-14-16-36(17-15-35)25-10-4-5-11-26(25)40-3/h4-6,8-11,18,28,33H,7,12-17H2,1-3H3,(H,37,38)(H2,32,34,39). The van der Waals surface area contributed by atoms with Crippen LogP contribution < -0.4 is 25.6 Å². The SMILES string of the molecule is COc1ccccc1N1CCN(CCCNC(=O)Nc2cccc(C3C(C#N)=C(C)NC(C)=C3C(=O)O)c2)CC1.